The van der Waals surface area contributed by atoms with Gasteiger partial charge in [-0.3, -0.25) is 14.5 Å². The number of anilines is 1. The van der Waals surface area contributed by atoms with Crippen molar-refractivity contribution in [3.63, 3.8) is 0 Å². The summed E-state index contributed by atoms with van der Waals surface area (Å²) in [6, 6.07) is 13.0. The van der Waals surface area contributed by atoms with Crippen LogP contribution in [0.5, 0.6) is 0 Å². The zero-order chi connectivity index (χ0) is 19.3. The Morgan fingerprint density at radius 3 is 2.52 bits per heavy atom. The number of hydrogen-bond acceptors (Lipinski definition) is 6. The lowest BCUT2D eigenvalue weighted by atomic mass is 10.2. The molecule has 7 nitrogen and oxygen atoms in total. The molecule has 0 spiro atoms. The standard InChI is InChI=1S/C18H16N4O3S2/c1-13(14-8-10-19-11-9-14)20-21-18(23)15-5-2-3-6-16(15)22-27(24,25)17-7-4-12-26-17/h2-12,22H,1H3,(H,21,23). The molecule has 0 saturated carbocycles. The quantitative estimate of drug-likeness (QED) is 0.490. The number of aromatic nitrogens is 1. The van der Waals surface area contributed by atoms with Crippen LogP contribution >= 0.6 is 11.3 Å². The van der Waals surface area contributed by atoms with Crippen LogP contribution in [-0.4, -0.2) is 25.0 Å². The van der Waals surface area contributed by atoms with Crippen LogP contribution in [0.25, 0.3) is 0 Å². The third-order valence-corrected chi connectivity index (χ3v) is 6.36. The van der Waals surface area contributed by atoms with Crippen molar-refractivity contribution >= 4 is 38.7 Å². The van der Waals surface area contributed by atoms with E-state index in [9.17, 15) is 13.2 Å². The number of pyridine rings is 1. The largest absolute Gasteiger partial charge is 0.278 e. The van der Waals surface area contributed by atoms with Crippen molar-refractivity contribution in [3.8, 4) is 0 Å². The van der Waals surface area contributed by atoms with Crippen LogP contribution in [0.1, 0.15) is 22.8 Å². The first-order valence-electron chi connectivity index (χ1n) is 7.88. The molecule has 0 bridgehead atoms. The Morgan fingerprint density at radius 1 is 1.07 bits per heavy atom. The normalized spacial score (nSPS) is 11.8. The number of amides is 1. The Hall–Kier alpha value is -3.04. The Labute approximate surface area is 160 Å². The van der Waals surface area contributed by atoms with Crippen LogP contribution in [0.4, 0.5) is 5.69 Å². The summed E-state index contributed by atoms with van der Waals surface area (Å²) >= 11 is 1.10. The van der Waals surface area contributed by atoms with Gasteiger partial charge >= 0.3 is 0 Å². The van der Waals surface area contributed by atoms with Gasteiger partial charge in [0.25, 0.3) is 15.9 Å². The Bertz CT molecular complexity index is 1060. The van der Waals surface area contributed by atoms with E-state index in [4.69, 9.17) is 0 Å². The minimum Gasteiger partial charge on any atom is -0.278 e. The number of carbonyl (C=O) groups excluding carboxylic acids is 1. The van der Waals surface area contributed by atoms with Crippen molar-refractivity contribution < 1.29 is 13.2 Å². The predicted molar refractivity (Wildman–Crippen MR) is 105 cm³/mol. The summed E-state index contributed by atoms with van der Waals surface area (Å²) in [5.41, 5.74) is 4.22. The molecule has 0 aliphatic rings. The van der Waals surface area contributed by atoms with Crippen LogP contribution in [0.3, 0.4) is 0 Å². The van der Waals surface area contributed by atoms with Crippen LogP contribution in [0.15, 0.2) is 75.6 Å². The first-order chi connectivity index (χ1) is 13.0. The molecule has 1 amide bonds. The number of benzene rings is 1. The number of sulfonamides is 1. The summed E-state index contributed by atoms with van der Waals surface area (Å²) in [5, 5.41) is 5.74. The van der Waals surface area contributed by atoms with Gasteiger partial charge in [0.15, 0.2) is 0 Å². The van der Waals surface area contributed by atoms with Crippen LogP contribution in [0, 0.1) is 0 Å². The fourth-order valence-electron chi connectivity index (χ4n) is 2.23. The summed E-state index contributed by atoms with van der Waals surface area (Å²) in [7, 11) is -3.75. The summed E-state index contributed by atoms with van der Waals surface area (Å²) in [6.45, 7) is 1.75. The van der Waals surface area contributed by atoms with Crippen molar-refractivity contribution in [2.75, 3.05) is 4.72 Å². The smallest absolute Gasteiger partial charge is 0.273 e. The molecule has 3 rings (SSSR count). The van der Waals surface area contributed by atoms with Crippen LogP contribution < -0.4 is 10.1 Å². The highest BCUT2D eigenvalue weighted by Crippen LogP contribution is 2.22. The Morgan fingerprint density at radius 2 is 1.81 bits per heavy atom. The third kappa shape index (κ3) is 4.57. The van der Waals surface area contributed by atoms with Gasteiger partial charge in [-0.2, -0.15) is 5.10 Å². The first-order valence-corrected chi connectivity index (χ1v) is 10.2. The molecule has 27 heavy (non-hydrogen) atoms. The maximum absolute atomic E-state index is 12.5. The average Bonchev–Trinajstić information content (AvgIpc) is 3.22. The highest BCUT2D eigenvalue weighted by molar-refractivity contribution is 7.94. The van der Waals surface area contributed by atoms with E-state index < -0.39 is 15.9 Å². The number of rotatable bonds is 6. The van der Waals surface area contributed by atoms with Gasteiger partial charge in [0.05, 0.1) is 17.0 Å². The predicted octanol–water partition coefficient (Wildman–Crippen LogP) is 3.10. The highest BCUT2D eigenvalue weighted by atomic mass is 32.2. The van der Waals surface area contributed by atoms with Gasteiger partial charge in [-0.25, -0.2) is 13.8 Å². The average molecular weight is 400 g/mol. The van der Waals surface area contributed by atoms with Crippen molar-refractivity contribution in [1.29, 1.82) is 0 Å². The fraction of sp³-hybridized carbons (Fsp3) is 0.0556. The summed E-state index contributed by atoms with van der Waals surface area (Å²) in [4.78, 5) is 16.4. The molecule has 0 atom stereocenters. The van der Waals surface area contributed by atoms with E-state index in [1.165, 1.54) is 18.2 Å². The van der Waals surface area contributed by atoms with E-state index in [0.717, 1.165) is 16.9 Å². The molecule has 0 aliphatic heterocycles. The first kappa shape index (κ1) is 18.7. The molecule has 2 heterocycles. The van der Waals surface area contributed by atoms with Crippen LogP contribution in [-0.2, 0) is 10.0 Å². The molecule has 0 aliphatic carbocycles. The lowest BCUT2D eigenvalue weighted by molar-refractivity contribution is 0.0955. The second-order valence-electron chi connectivity index (χ2n) is 5.46. The number of nitrogens with one attached hydrogen (secondary N) is 2. The molecular weight excluding hydrogens is 384 g/mol. The number of hydrogen-bond donors (Lipinski definition) is 2. The van der Waals surface area contributed by atoms with E-state index in [1.807, 2.05) is 0 Å². The minimum absolute atomic E-state index is 0.170. The van der Waals surface area contributed by atoms with Crippen molar-refractivity contribution in [3.05, 3.63) is 77.4 Å². The van der Waals surface area contributed by atoms with E-state index in [2.05, 4.69) is 20.2 Å². The van der Waals surface area contributed by atoms with E-state index in [1.54, 1.807) is 55.0 Å². The lowest BCUT2D eigenvalue weighted by Crippen LogP contribution is -2.22. The summed E-state index contributed by atoms with van der Waals surface area (Å²) < 4.78 is 27.5. The van der Waals surface area contributed by atoms with Gasteiger partial charge in [-0.05, 0) is 42.6 Å². The zero-order valence-corrected chi connectivity index (χ0v) is 15.9. The molecule has 0 saturated heterocycles. The van der Waals surface area contributed by atoms with Gasteiger partial charge in [-0.15, -0.1) is 11.3 Å². The van der Waals surface area contributed by atoms with Gasteiger partial charge in [-0.1, -0.05) is 18.2 Å². The molecule has 2 aromatic heterocycles. The molecule has 138 valence electrons. The van der Waals surface area contributed by atoms with Crippen molar-refractivity contribution in [1.82, 2.24) is 10.4 Å². The van der Waals surface area contributed by atoms with Crippen molar-refractivity contribution in [2.45, 2.75) is 11.1 Å². The topological polar surface area (TPSA) is 101 Å². The number of hydrazone groups is 1. The lowest BCUT2D eigenvalue weighted by Gasteiger charge is -2.11. The van der Waals surface area contributed by atoms with Gasteiger partial charge < -0.3 is 0 Å². The molecular formula is C18H16N4O3S2. The second kappa shape index (κ2) is 8.11. The maximum atomic E-state index is 12.5. The highest BCUT2D eigenvalue weighted by Gasteiger charge is 2.19. The van der Waals surface area contributed by atoms with E-state index in [-0.39, 0.29) is 15.5 Å². The number of thiophene rings is 1. The molecule has 0 radical (unpaired) electrons. The molecule has 1 aromatic carbocycles. The van der Waals surface area contributed by atoms with Gasteiger partial charge in [0, 0.05) is 18.0 Å². The summed E-state index contributed by atoms with van der Waals surface area (Å²) in [5.74, 6) is -0.520. The Kier molecular flexibility index (Phi) is 5.63. The molecule has 0 unspecified atom stereocenters. The number of nitrogens with zero attached hydrogens (tertiary/aromatic N) is 2. The third-order valence-electron chi connectivity index (χ3n) is 3.60. The van der Waals surface area contributed by atoms with Gasteiger partial charge in [0.2, 0.25) is 0 Å². The van der Waals surface area contributed by atoms with E-state index >= 15 is 0 Å². The van der Waals surface area contributed by atoms with E-state index in [0.29, 0.717) is 5.71 Å². The van der Waals surface area contributed by atoms with Crippen LogP contribution in [0.2, 0.25) is 0 Å². The molecule has 2 N–H and O–H groups in total. The summed E-state index contributed by atoms with van der Waals surface area (Å²) in [6.07, 6.45) is 3.26. The SMILES string of the molecule is CC(=NNC(=O)c1ccccc1NS(=O)(=O)c1cccs1)c1ccncc1. The number of para-hydroxylation sites is 1. The number of carbonyl (C=O) groups is 1. The monoisotopic (exact) mass is 400 g/mol. The Balaban J connectivity index is 1.80. The molecule has 3 aromatic rings. The maximum Gasteiger partial charge on any atom is 0.273 e. The van der Waals surface area contributed by atoms with Crippen molar-refractivity contribution in [2.24, 2.45) is 5.10 Å². The van der Waals surface area contributed by atoms with Gasteiger partial charge in [0.1, 0.15) is 4.21 Å². The minimum atomic E-state index is -3.75. The zero-order valence-electron chi connectivity index (χ0n) is 14.3. The second-order valence-corrected chi connectivity index (χ2v) is 8.31. The molecule has 9 heteroatoms. The fourth-order valence-corrected chi connectivity index (χ4v) is 4.31. The molecule has 0 fully saturated rings.